The molecule has 0 spiro atoms. The van der Waals surface area contributed by atoms with Gasteiger partial charge in [0, 0.05) is 24.5 Å². The van der Waals surface area contributed by atoms with Crippen LogP contribution in [0.3, 0.4) is 0 Å². The molecule has 3 aromatic carbocycles. The molecule has 0 saturated heterocycles. The van der Waals surface area contributed by atoms with E-state index in [-0.39, 0.29) is 5.69 Å². The maximum absolute atomic E-state index is 14.1. The number of hydrogen-bond acceptors (Lipinski definition) is 4. The minimum absolute atomic E-state index is 0.0806. The van der Waals surface area contributed by atoms with Gasteiger partial charge in [-0.1, -0.05) is 0 Å². The van der Waals surface area contributed by atoms with E-state index in [0.717, 1.165) is 30.0 Å². The number of aromatic nitrogens is 3. The molecule has 0 unspecified atom stereocenters. The van der Waals surface area contributed by atoms with Crippen molar-refractivity contribution in [3.63, 3.8) is 0 Å². The standard InChI is InChI=1S/C25H22F5N5O/c1-5-34(6-2)14-7-8-18(13(4)9-14)35-32-16-10-12(3)15(11-17(16)33-35)31-25(36)19-20(26)22(28)24(30)23(29)21(19)27/h7-11H,5-6H2,1-4H3,(H,31,36). The van der Waals surface area contributed by atoms with Crippen LogP contribution in [-0.2, 0) is 0 Å². The first-order chi connectivity index (χ1) is 17.1. The summed E-state index contributed by atoms with van der Waals surface area (Å²) in [6.07, 6.45) is 0. The zero-order valence-corrected chi connectivity index (χ0v) is 19.9. The fraction of sp³-hybridized carbons (Fsp3) is 0.240. The topological polar surface area (TPSA) is 63.1 Å². The number of halogens is 5. The summed E-state index contributed by atoms with van der Waals surface area (Å²) in [6.45, 7) is 9.38. The van der Waals surface area contributed by atoms with E-state index in [2.05, 4.69) is 34.3 Å². The first kappa shape index (κ1) is 25.1. The number of amides is 1. The normalized spacial score (nSPS) is 11.2. The number of aryl methyl sites for hydroxylation is 2. The summed E-state index contributed by atoms with van der Waals surface area (Å²) in [4.78, 5) is 16.1. The molecule has 1 N–H and O–H groups in total. The SMILES string of the molecule is CCN(CC)c1ccc(-n2nc3cc(C)c(NC(=O)c4c(F)c(F)c(F)c(F)c4F)cc3n2)c(C)c1. The first-order valence-electron chi connectivity index (χ1n) is 11.1. The van der Waals surface area contributed by atoms with E-state index in [1.54, 1.807) is 13.0 Å². The van der Waals surface area contributed by atoms with Gasteiger partial charge in [0.2, 0.25) is 5.82 Å². The number of nitrogens with one attached hydrogen (secondary N) is 1. The number of hydrogen-bond donors (Lipinski definition) is 1. The molecule has 1 aromatic heterocycles. The molecule has 0 atom stereocenters. The van der Waals surface area contributed by atoms with E-state index in [0.29, 0.717) is 16.6 Å². The maximum atomic E-state index is 14.1. The van der Waals surface area contributed by atoms with Gasteiger partial charge in [0.25, 0.3) is 5.91 Å². The van der Waals surface area contributed by atoms with Crippen molar-refractivity contribution in [2.24, 2.45) is 0 Å². The number of anilines is 2. The third-order valence-corrected chi connectivity index (χ3v) is 5.94. The zero-order chi connectivity index (χ0) is 26.3. The van der Waals surface area contributed by atoms with Crippen molar-refractivity contribution in [3.05, 3.63) is 76.1 Å². The Kier molecular flexibility index (Phi) is 6.66. The lowest BCUT2D eigenvalue weighted by Gasteiger charge is -2.22. The molecule has 36 heavy (non-hydrogen) atoms. The van der Waals surface area contributed by atoms with Crippen LogP contribution >= 0.6 is 0 Å². The van der Waals surface area contributed by atoms with E-state index in [9.17, 15) is 26.7 Å². The smallest absolute Gasteiger partial charge is 0.261 e. The Morgan fingerprint density at radius 2 is 1.39 bits per heavy atom. The number of nitrogens with zero attached hydrogens (tertiary/aromatic N) is 4. The van der Waals surface area contributed by atoms with Gasteiger partial charge >= 0.3 is 0 Å². The number of carbonyl (C=O) groups is 1. The van der Waals surface area contributed by atoms with Crippen LogP contribution in [0.4, 0.5) is 33.3 Å². The molecule has 0 bridgehead atoms. The summed E-state index contributed by atoms with van der Waals surface area (Å²) in [7, 11) is 0. The lowest BCUT2D eigenvalue weighted by Crippen LogP contribution is -2.21. The summed E-state index contributed by atoms with van der Waals surface area (Å²) in [6, 6.07) is 8.88. The quantitative estimate of drug-likeness (QED) is 0.204. The monoisotopic (exact) mass is 503 g/mol. The molecule has 0 aliphatic rings. The van der Waals surface area contributed by atoms with Crippen LogP contribution in [0, 0.1) is 42.9 Å². The predicted molar refractivity (Wildman–Crippen MR) is 126 cm³/mol. The molecule has 6 nitrogen and oxygen atoms in total. The van der Waals surface area contributed by atoms with Gasteiger partial charge in [-0.2, -0.15) is 4.80 Å². The number of carbonyl (C=O) groups excluding carboxylic acids is 1. The largest absolute Gasteiger partial charge is 0.372 e. The Balaban J connectivity index is 1.69. The Bertz CT molecular complexity index is 1470. The molecule has 0 aliphatic carbocycles. The molecule has 4 aromatic rings. The Labute approximate surface area is 203 Å². The minimum Gasteiger partial charge on any atom is -0.372 e. The summed E-state index contributed by atoms with van der Waals surface area (Å²) < 4.78 is 68.5. The molecular formula is C25H22F5N5O. The number of rotatable bonds is 6. The predicted octanol–water partition coefficient (Wildman–Crippen LogP) is 5.83. The van der Waals surface area contributed by atoms with Gasteiger partial charge in [-0.25, -0.2) is 22.0 Å². The highest BCUT2D eigenvalue weighted by atomic mass is 19.2. The van der Waals surface area contributed by atoms with E-state index >= 15 is 0 Å². The fourth-order valence-corrected chi connectivity index (χ4v) is 3.95. The third-order valence-electron chi connectivity index (χ3n) is 5.94. The van der Waals surface area contributed by atoms with Gasteiger partial charge in [-0.15, -0.1) is 10.2 Å². The zero-order valence-electron chi connectivity index (χ0n) is 19.9. The van der Waals surface area contributed by atoms with Crippen LogP contribution in [0.5, 0.6) is 0 Å². The van der Waals surface area contributed by atoms with Crippen LogP contribution in [0.1, 0.15) is 35.3 Å². The van der Waals surface area contributed by atoms with E-state index < -0.39 is 40.6 Å². The molecule has 11 heteroatoms. The van der Waals surface area contributed by atoms with Crippen molar-refractivity contribution in [3.8, 4) is 5.69 Å². The van der Waals surface area contributed by atoms with Gasteiger partial charge in [0.05, 0.1) is 5.69 Å². The van der Waals surface area contributed by atoms with Crippen LogP contribution in [0.15, 0.2) is 30.3 Å². The Morgan fingerprint density at radius 3 is 1.94 bits per heavy atom. The van der Waals surface area contributed by atoms with Gasteiger partial charge in [-0.3, -0.25) is 4.79 Å². The summed E-state index contributed by atoms with van der Waals surface area (Å²) >= 11 is 0. The Hall–Kier alpha value is -4.02. The average Bonchev–Trinajstić information content (AvgIpc) is 3.25. The van der Waals surface area contributed by atoms with Gasteiger partial charge in [-0.05, 0) is 69.2 Å². The molecule has 188 valence electrons. The molecule has 1 heterocycles. The van der Waals surface area contributed by atoms with Crippen molar-refractivity contribution in [1.29, 1.82) is 0 Å². The third kappa shape index (κ3) is 4.25. The summed E-state index contributed by atoms with van der Waals surface area (Å²) in [5.74, 6) is -12.6. The summed E-state index contributed by atoms with van der Waals surface area (Å²) in [5, 5.41) is 11.1. The minimum atomic E-state index is -2.34. The average molecular weight is 503 g/mol. The lowest BCUT2D eigenvalue weighted by molar-refractivity contribution is 0.101. The van der Waals surface area contributed by atoms with Gasteiger partial charge < -0.3 is 10.2 Å². The molecule has 0 fully saturated rings. The molecule has 0 saturated carbocycles. The van der Waals surface area contributed by atoms with Crippen LogP contribution < -0.4 is 10.2 Å². The van der Waals surface area contributed by atoms with E-state index in [1.165, 1.54) is 10.9 Å². The lowest BCUT2D eigenvalue weighted by atomic mass is 10.1. The van der Waals surface area contributed by atoms with Crippen LogP contribution in [0.2, 0.25) is 0 Å². The van der Waals surface area contributed by atoms with E-state index in [1.807, 2.05) is 25.1 Å². The highest BCUT2D eigenvalue weighted by Gasteiger charge is 2.30. The second kappa shape index (κ2) is 9.56. The van der Waals surface area contributed by atoms with Crippen LogP contribution in [-0.4, -0.2) is 34.0 Å². The summed E-state index contributed by atoms with van der Waals surface area (Å²) in [5.41, 5.74) is 2.50. The molecule has 4 rings (SSSR count). The highest BCUT2D eigenvalue weighted by molar-refractivity contribution is 6.05. The van der Waals surface area contributed by atoms with Crippen molar-refractivity contribution in [1.82, 2.24) is 15.0 Å². The molecule has 0 radical (unpaired) electrons. The number of fused-ring (bicyclic) bond motifs is 1. The van der Waals surface area contributed by atoms with Gasteiger partial charge in [0.15, 0.2) is 23.3 Å². The molecule has 0 aliphatic heterocycles. The van der Waals surface area contributed by atoms with Gasteiger partial charge in [0.1, 0.15) is 16.6 Å². The maximum Gasteiger partial charge on any atom is 0.261 e. The fourth-order valence-electron chi connectivity index (χ4n) is 3.95. The Morgan fingerprint density at radius 1 is 0.833 bits per heavy atom. The van der Waals surface area contributed by atoms with Crippen molar-refractivity contribution < 1.29 is 26.7 Å². The van der Waals surface area contributed by atoms with Crippen LogP contribution in [0.25, 0.3) is 16.7 Å². The van der Waals surface area contributed by atoms with E-state index in [4.69, 9.17) is 0 Å². The molecule has 1 amide bonds. The second-order valence-corrected chi connectivity index (χ2v) is 8.19. The molecular weight excluding hydrogens is 481 g/mol. The van der Waals surface area contributed by atoms with Crippen molar-refractivity contribution in [2.75, 3.05) is 23.3 Å². The highest BCUT2D eigenvalue weighted by Crippen LogP contribution is 2.27. The number of benzene rings is 3. The second-order valence-electron chi connectivity index (χ2n) is 8.19. The van der Waals surface area contributed by atoms with Crippen molar-refractivity contribution in [2.45, 2.75) is 27.7 Å². The van der Waals surface area contributed by atoms with Crippen molar-refractivity contribution >= 4 is 28.3 Å². The first-order valence-corrected chi connectivity index (χ1v) is 11.1.